The predicted molar refractivity (Wildman–Crippen MR) is 100.0 cm³/mol. The summed E-state index contributed by atoms with van der Waals surface area (Å²) in [5, 5.41) is 6.74. The van der Waals surface area contributed by atoms with Crippen molar-refractivity contribution in [2.24, 2.45) is 0 Å². The number of anilines is 1. The smallest absolute Gasteiger partial charge is 0.305 e. The van der Waals surface area contributed by atoms with Crippen molar-refractivity contribution in [1.82, 2.24) is 15.1 Å². The number of carbonyl (C=O) groups excluding carboxylic acids is 1. The average molecular weight is 469 g/mol. The Bertz CT molecular complexity index is 1160. The second-order valence-corrected chi connectivity index (χ2v) is 7.54. The first-order valence-corrected chi connectivity index (χ1v) is 9.48. The van der Waals surface area contributed by atoms with Crippen LogP contribution in [0.2, 0.25) is 0 Å². The predicted octanol–water partition coefficient (Wildman–Crippen LogP) is 4.31. The van der Waals surface area contributed by atoms with E-state index in [0.29, 0.717) is 4.88 Å². The standard InChI is InChI=1S/C17H9BrF3N5OS/c18-9-3-4-14(22-8-9)24-16(27)11-7-15-23-10(12-2-1-5-28-12)6-13(17(19,20)21)26(15)25-11/h1-8H,(H,22,24,27)/p+1. The molecule has 4 aromatic heterocycles. The molecule has 0 saturated heterocycles. The van der Waals surface area contributed by atoms with Gasteiger partial charge in [0.2, 0.25) is 5.69 Å². The number of pyridine rings is 1. The van der Waals surface area contributed by atoms with Crippen LogP contribution in [0.4, 0.5) is 19.0 Å². The molecule has 0 aliphatic rings. The van der Waals surface area contributed by atoms with Crippen molar-refractivity contribution in [3.05, 3.63) is 63.8 Å². The van der Waals surface area contributed by atoms with Gasteiger partial charge in [0.25, 0.3) is 5.91 Å². The summed E-state index contributed by atoms with van der Waals surface area (Å²) < 4.78 is 42.1. The number of carbonyl (C=O) groups is 1. The van der Waals surface area contributed by atoms with Gasteiger partial charge in [-0.2, -0.15) is 13.2 Å². The van der Waals surface area contributed by atoms with Crippen LogP contribution < -0.4 is 9.83 Å². The number of nitrogens with one attached hydrogen (secondary N) is 2. The lowest BCUT2D eigenvalue weighted by atomic mass is 10.2. The highest BCUT2D eigenvalue weighted by Crippen LogP contribution is 2.31. The summed E-state index contributed by atoms with van der Waals surface area (Å²) in [5.74, 6) is -0.369. The van der Waals surface area contributed by atoms with Crippen LogP contribution in [0, 0.1) is 0 Å². The zero-order valence-electron chi connectivity index (χ0n) is 13.8. The number of hydrogen-bond donors (Lipinski definition) is 2. The molecule has 0 aliphatic carbocycles. The maximum atomic E-state index is 13.6. The van der Waals surface area contributed by atoms with E-state index in [2.05, 4.69) is 36.3 Å². The number of thiophene rings is 1. The minimum absolute atomic E-state index is 0.0212. The molecule has 142 valence electrons. The first kappa shape index (κ1) is 18.6. The van der Waals surface area contributed by atoms with E-state index in [0.717, 1.165) is 15.1 Å². The Balaban J connectivity index is 1.77. The maximum Gasteiger partial charge on any atom is 0.456 e. The minimum Gasteiger partial charge on any atom is -0.305 e. The van der Waals surface area contributed by atoms with Gasteiger partial charge in [0.15, 0.2) is 5.69 Å². The third-order valence-electron chi connectivity index (χ3n) is 3.76. The summed E-state index contributed by atoms with van der Waals surface area (Å²) in [4.78, 5) is 21.3. The normalized spacial score (nSPS) is 11.7. The molecule has 4 rings (SSSR count). The molecular formula is C17H10BrF3N5OS+. The van der Waals surface area contributed by atoms with E-state index >= 15 is 0 Å². The largest absolute Gasteiger partial charge is 0.456 e. The first-order chi connectivity index (χ1) is 13.3. The molecule has 0 bridgehead atoms. The molecule has 28 heavy (non-hydrogen) atoms. The van der Waals surface area contributed by atoms with Gasteiger partial charge in [-0.25, -0.2) is 10.1 Å². The van der Waals surface area contributed by atoms with Crippen molar-refractivity contribution in [3.63, 3.8) is 0 Å². The number of aromatic amines is 1. The lowest BCUT2D eigenvalue weighted by Gasteiger charge is -2.04. The van der Waals surface area contributed by atoms with Crippen LogP contribution >= 0.6 is 27.3 Å². The SMILES string of the molecule is O=C(Nc1ccc(Br)cn1)c1cc2nc(-c3cccs3)cc(C(F)(F)F)[n+]2[nH]1. The van der Waals surface area contributed by atoms with Gasteiger partial charge >= 0.3 is 11.8 Å². The third-order valence-corrected chi connectivity index (χ3v) is 5.12. The minimum atomic E-state index is -4.64. The molecule has 0 unspecified atom stereocenters. The van der Waals surface area contributed by atoms with Gasteiger partial charge in [-0.15, -0.1) is 15.9 Å². The number of nitrogens with zero attached hydrogens (tertiary/aromatic N) is 3. The molecule has 1 amide bonds. The lowest BCUT2D eigenvalue weighted by Crippen LogP contribution is -2.36. The Morgan fingerprint density at radius 3 is 2.71 bits per heavy atom. The average Bonchev–Trinajstić information content (AvgIpc) is 3.31. The van der Waals surface area contributed by atoms with Crippen LogP contribution in [-0.4, -0.2) is 21.0 Å². The van der Waals surface area contributed by atoms with E-state index in [1.165, 1.54) is 23.6 Å². The Kier molecular flexibility index (Phi) is 4.63. The van der Waals surface area contributed by atoms with E-state index in [1.54, 1.807) is 29.6 Å². The zero-order chi connectivity index (χ0) is 19.9. The van der Waals surface area contributed by atoms with E-state index in [9.17, 15) is 18.0 Å². The molecule has 0 atom stereocenters. The van der Waals surface area contributed by atoms with Gasteiger partial charge in [0, 0.05) is 16.7 Å². The lowest BCUT2D eigenvalue weighted by molar-refractivity contribution is -0.604. The van der Waals surface area contributed by atoms with Gasteiger partial charge in [-0.3, -0.25) is 4.79 Å². The molecule has 0 fully saturated rings. The first-order valence-electron chi connectivity index (χ1n) is 7.81. The summed E-state index contributed by atoms with van der Waals surface area (Å²) in [6, 6.07) is 8.87. The van der Waals surface area contributed by atoms with Gasteiger partial charge < -0.3 is 5.32 Å². The Morgan fingerprint density at radius 1 is 1.25 bits per heavy atom. The summed E-state index contributed by atoms with van der Waals surface area (Å²) in [6.45, 7) is 0. The van der Waals surface area contributed by atoms with Crippen LogP contribution in [-0.2, 0) is 6.18 Å². The highest BCUT2D eigenvalue weighted by atomic mass is 79.9. The third kappa shape index (κ3) is 3.62. The number of H-pyrrole nitrogens is 1. The summed E-state index contributed by atoms with van der Waals surface area (Å²) >= 11 is 4.51. The molecule has 6 nitrogen and oxygen atoms in total. The van der Waals surface area contributed by atoms with Crippen molar-refractivity contribution < 1.29 is 22.5 Å². The van der Waals surface area contributed by atoms with Crippen LogP contribution in [0.5, 0.6) is 0 Å². The van der Waals surface area contributed by atoms with Crippen molar-refractivity contribution in [1.29, 1.82) is 0 Å². The molecule has 0 saturated carbocycles. The van der Waals surface area contributed by atoms with Crippen LogP contribution in [0.1, 0.15) is 16.2 Å². The molecular weight excluding hydrogens is 459 g/mol. The second-order valence-electron chi connectivity index (χ2n) is 5.68. The van der Waals surface area contributed by atoms with Crippen LogP contribution in [0.25, 0.3) is 16.2 Å². The number of amides is 1. The monoisotopic (exact) mass is 468 g/mol. The number of fused-ring (bicyclic) bond motifs is 1. The Labute approximate surface area is 168 Å². The topological polar surface area (TPSA) is 74.8 Å². The summed E-state index contributed by atoms with van der Waals surface area (Å²) in [6.07, 6.45) is -3.14. The second kappa shape index (κ2) is 6.99. The van der Waals surface area contributed by atoms with E-state index < -0.39 is 17.8 Å². The molecule has 4 aromatic rings. The molecule has 4 heterocycles. The highest BCUT2D eigenvalue weighted by molar-refractivity contribution is 9.10. The molecule has 11 heteroatoms. The molecule has 0 aromatic carbocycles. The number of alkyl halides is 3. The molecule has 2 N–H and O–H groups in total. The van der Waals surface area contributed by atoms with Crippen molar-refractivity contribution in [3.8, 4) is 10.6 Å². The molecule has 0 radical (unpaired) electrons. The fraction of sp³-hybridized carbons (Fsp3) is 0.0588. The number of hydrogen-bond acceptors (Lipinski definition) is 4. The van der Waals surface area contributed by atoms with Gasteiger partial charge in [-0.05, 0) is 44.5 Å². The van der Waals surface area contributed by atoms with E-state index in [-0.39, 0.29) is 22.9 Å². The van der Waals surface area contributed by atoms with Gasteiger partial charge in [0.05, 0.1) is 10.9 Å². The fourth-order valence-electron chi connectivity index (χ4n) is 2.53. The van der Waals surface area contributed by atoms with E-state index in [4.69, 9.17) is 0 Å². The summed E-state index contributed by atoms with van der Waals surface area (Å²) in [5.41, 5.74) is -0.872. The number of aromatic nitrogens is 4. The Morgan fingerprint density at radius 2 is 2.07 bits per heavy atom. The quantitative estimate of drug-likeness (QED) is 0.440. The molecule has 0 aliphatic heterocycles. The number of halogens is 4. The van der Waals surface area contributed by atoms with Gasteiger partial charge in [-0.1, -0.05) is 6.07 Å². The van der Waals surface area contributed by atoms with Crippen LogP contribution in [0.3, 0.4) is 0 Å². The number of rotatable bonds is 3. The van der Waals surface area contributed by atoms with Crippen LogP contribution in [0.15, 0.2) is 52.4 Å². The van der Waals surface area contributed by atoms with Crippen molar-refractivity contribution in [2.75, 3.05) is 5.32 Å². The van der Waals surface area contributed by atoms with Crippen molar-refractivity contribution in [2.45, 2.75) is 6.18 Å². The van der Waals surface area contributed by atoms with E-state index in [1.807, 2.05) is 0 Å². The van der Waals surface area contributed by atoms with Gasteiger partial charge in [0.1, 0.15) is 11.5 Å². The maximum absolute atomic E-state index is 13.6. The fourth-order valence-corrected chi connectivity index (χ4v) is 3.45. The zero-order valence-corrected chi connectivity index (χ0v) is 16.2. The van der Waals surface area contributed by atoms with Crippen molar-refractivity contribution >= 4 is 44.6 Å². The summed E-state index contributed by atoms with van der Waals surface area (Å²) in [7, 11) is 0. The molecule has 0 spiro atoms. The Hall–Kier alpha value is -2.79. The highest BCUT2D eigenvalue weighted by Gasteiger charge is 2.40.